The second-order valence-electron chi connectivity index (χ2n) is 7.16. The van der Waals surface area contributed by atoms with Crippen molar-refractivity contribution >= 4 is 22.8 Å². The lowest BCUT2D eigenvalue weighted by atomic mass is 9.73. The maximum absolute atomic E-state index is 13.0. The van der Waals surface area contributed by atoms with E-state index in [1.165, 1.54) is 18.1 Å². The molecule has 1 aromatic carbocycles. The van der Waals surface area contributed by atoms with Crippen LogP contribution in [0.5, 0.6) is 0 Å². The number of esters is 1. The zero-order chi connectivity index (χ0) is 18.1. The summed E-state index contributed by atoms with van der Waals surface area (Å²) in [5.41, 5.74) is 3.08. The summed E-state index contributed by atoms with van der Waals surface area (Å²) >= 11 is 0. The van der Waals surface area contributed by atoms with E-state index in [1.54, 1.807) is 0 Å². The second kappa shape index (κ2) is 6.98. The standard InChI is InChI=1S/C21H24N2O3/c1-26-21(25)18-7-4-6-17-16(18)10-12-23(20(17)24)11-9-14-13-22-19-8-3-2-5-15(14)19/h2-3,5,7-8,13,16-17,22H,4,6,9-12H2,1H3/t16-,17-/m0/s1. The largest absolute Gasteiger partial charge is 0.466 e. The average Bonchev–Trinajstić information content (AvgIpc) is 3.10. The molecule has 0 radical (unpaired) electrons. The van der Waals surface area contributed by atoms with E-state index >= 15 is 0 Å². The quantitative estimate of drug-likeness (QED) is 0.860. The van der Waals surface area contributed by atoms with Gasteiger partial charge in [0.25, 0.3) is 0 Å². The number of methoxy groups -OCH3 is 1. The fraction of sp³-hybridized carbons (Fsp3) is 0.429. The molecule has 26 heavy (non-hydrogen) atoms. The van der Waals surface area contributed by atoms with Gasteiger partial charge in [-0.15, -0.1) is 0 Å². The number of hydrogen-bond donors (Lipinski definition) is 1. The van der Waals surface area contributed by atoms with Gasteiger partial charge in [0.15, 0.2) is 0 Å². The van der Waals surface area contributed by atoms with E-state index in [0.717, 1.165) is 37.7 Å². The highest BCUT2D eigenvalue weighted by Crippen LogP contribution is 2.38. The minimum Gasteiger partial charge on any atom is -0.466 e. The predicted octanol–water partition coefficient (Wildman–Crippen LogP) is 3.07. The minimum absolute atomic E-state index is 0.0213. The molecule has 1 N–H and O–H groups in total. The number of carbonyl (C=O) groups excluding carboxylic acids is 2. The Hall–Kier alpha value is -2.56. The first-order valence-electron chi connectivity index (χ1n) is 9.31. The molecule has 0 bridgehead atoms. The highest BCUT2D eigenvalue weighted by Gasteiger charge is 2.41. The van der Waals surface area contributed by atoms with E-state index in [9.17, 15) is 9.59 Å². The Kier molecular flexibility index (Phi) is 4.53. The van der Waals surface area contributed by atoms with Crippen molar-refractivity contribution in [2.24, 2.45) is 11.8 Å². The first kappa shape index (κ1) is 16.9. The van der Waals surface area contributed by atoms with Crippen LogP contribution < -0.4 is 0 Å². The molecule has 1 aliphatic carbocycles. The number of likely N-dealkylation sites (tertiary alicyclic amines) is 1. The number of nitrogens with one attached hydrogen (secondary N) is 1. The third kappa shape index (κ3) is 2.91. The molecule has 4 rings (SSSR count). The van der Waals surface area contributed by atoms with Gasteiger partial charge in [0.1, 0.15) is 0 Å². The van der Waals surface area contributed by atoms with Crippen LogP contribution in [0.25, 0.3) is 10.9 Å². The summed E-state index contributed by atoms with van der Waals surface area (Å²) in [6, 6.07) is 8.24. The molecule has 2 heterocycles. The van der Waals surface area contributed by atoms with E-state index in [-0.39, 0.29) is 23.7 Å². The van der Waals surface area contributed by atoms with Crippen molar-refractivity contribution in [1.29, 1.82) is 0 Å². The third-order valence-electron chi connectivity index (χ3n) is 5.81. The molecule has 1 amide bonds. The molecule has 2 aliphatic rings. The lowest BCUT2D eigenvalue weighted by molar-refractivity contribution is -0.143. The number of allylic oxidation sites excluding steroid dienone is 1. The SMILES string of the molecule is COC(=O)C1=CCC[C@@H]2C(=O)N(CCc3c[nH]c4ccccc34)CC[C@H]12. The van der Waals surface area contributed by atoms with Crippen molar-refractivity contribution in [2.45, 2.75) is 25.7 Å². The van der Waals surface area contributed by atoms with Crippen molar-refractivity contribution in [1.82, 2.24) is 9.88 Å². The summed E-state index contributed by atoms with van der Waals surface area (Å²) in [5, 5.41) is 1.23. The monoisotopic (exact) mass is 352 g/mol. The molecule has 0 spiro atoms. The van der Waals surface area contributed by atoms with Crippen LogP contribution in [-0.2, 0) is 20.7 Å². The minimum atomic E-state index is -0.278. The van der Waals surface area contributed by atoms with Crippen LogP contribution in [-0.4, -0.2) is 42.0 Å². The lowest BCUT2D eigenvalue weighted by Gasteiger charge is -2.40. The highest BCUT2D eigenvalue weighted by molar-refractivity contribution is 5.92. The smallest absolute Gasteiger partial charge is 0.333 e. The van der Waals surface area contributed by atoms with E-state index in [0.29, 0.717) is 12.1 Å². The van der Waals surface area contributed by atoms with Crippen LogP contribution in [0.4, 0.5) is 0 Å². The van der Waals surface area contributed by atoms with Gasteiger partial charge in [-0.05, 0) is 37.3 Å². The van der Waals surface area contributed by atoms with Crippen molar-refractivity contribution in [3.63, 3.8) is 0 Å². The van der Waals surface area contributed by atoms with Crippen LogP contribution in [0, 0.1) is 11.8 Å². The molecule has 5 heteroatoms. The molecule has 1 aromatic heterocycles. The molecular formula is C21H24N2O3. The number of benzene rings is 1. The van der Waals surface area contributed by atoms with Crippen molar-refractivity contribution in [3.05, 3.63) is 47.7 Å². The number of amides is 1. The first-order valence-corrected chi connectivity index (χ1v) is 9.31. The summed E-state index contributed by atoms with van der Waals surface area (Å²) < 4.78 is 4.90. The van der Waals surface area contributed by atoms with Gasteiger partial charge in [0, 0.05) is 47.6 Å². The van der Waals surface area contributed by atoms with Gasteiger partial charge < -0.3 is 14.6 Å². The number of ether oxygens (including phenoxy) is 1. The van der Waals surface area contributed by atoms with Crippen LogP contribution in [0.3, 0.4) is 0 Å². The van der Waals surface area contributed by atoms with Gasteiger partial charge in [-0.1, -0.05) is 24.3 Å². The van der Waals surface area contributed by atoms with Crippen LogP contribution >= 0.6 is 0 Å². The van der Waals surface area contributed by atoms with Crippen molar-refractivity contribution < 1.29 is 14.3 Å². The molecule has 2 atom stereocenters. The van der Waals surface area contributed by atoms with Crippen LogP contribution in [0.2, 0.25) is 0 Å². The normalized spacial score (nSPS) is 22.9. The van der Waals surface area contributed by atoms with Gasteiger partial charge >= 0.3 is 5.97 Å². The summed E-state index contributed by atoms with van der Waals surface area (Å²) in [6.45, 7) is 1.43. The van der Waals surface area contributed by atoms with E-state index in [1.807, 2.05) is 29.3 Å². The molecule has 1 aliphatic heterocycles. The van der Waals surface area contributed by atoms with Crippen molar-refractivity contribution in [3.8, 4) is 0 Å². The van der Waals surface area contributed by atoms with Gasteiger partial charge in [-0.25, -0.2) is 4.79 Å². The van der Waals surface area contributed by atoms with E-state index < -0.39 is 0 Å². The molecule has 5 nitrogen and oxygen atoms in total. The molecule has 2 aromatic rings. The first-order chi connectivity index (χ1) is 12.7. The summed E-state index contributed by atoms with van der Waals surface area (Å²) in [6.07, 6.45) is 7.28. The molecule has 1 fully saturated rings. The van der Waals surface area contributed by atoms with E-state index in [4.69, 9.17) is 4.74 Å². The summed E-state index contributed by atoms with van der Waals surface area (Å²) in [5.74, 6) is -0.144. The number of carbonyl (C=O) groups is 2. The fourth-order valence-electron chi connectivity index (χ4n) is 4.45. The zero-order valence-electron chi connectivity index (χ0n) is 15.0. The Balaban J connectivity index is 1.45. The van der Waals surface area contributed by atoms with E-state index in [2.05, 4.69) is 17.1 Å². The van der Waals surface area contributed by atoms with Gasteiger partial charge in [0.05, 0.1) is 7.11 Å². The molecule has 1 saturated heterocycles. The Labute approximate surface area is 153 Å². The number of hydrogen-bond acceptors (Lipinski definition) is 3. The van der Waals surface area contributed by atoms with Crippen molar-refractivity contribution in [2.75, 3.05) is 20.2 Å². The summed E-state index contributed by atoms with van der Waals surface area (Å²) in [7, 11) is 1.41. The number of piperidine rings is 1. The average molecular weight is 352 g/mol. The van der Waals surface area contributed by atoms with Gasteiger partial charge in [-0.2, -0.15) is 0 Å². The number of fused-ring (bicyclic) bond motifs is 2. The van der Waals surface area contributed by atoms with Crippen LogP contribution in [0.15, 0.2) is 42.1 Å². The number of rotatable bonds is 4. The number of H-pyrrole nitrogens is 1. The number of aromatic nitrogens is 1. The molecule has 0 unspecified atom stereocenters. The molecule has 136 valence electrons. The van der Waals surface area contributed by atoms with Gasteiger partial charge in [0.2, 0.25) is 5.91 Å². The van der Waals surface area contributed by atoms with Gasteiger partial charge in [-0.3, -0.25) is 4.79 Å². The third-order valence-corrected chi connectivity index (χ3v) is 5.81. The fourth-order valence-corrected chi connectivity index (χ4v) is 4.45. The van der Waals surface area contributed by atoms with Crippen LogP contribution in [0.1, 0.15) is 24.8 Å². The molecule has 0 saturated carbocycles. The maximum atomic E-state index is 13.0. The zero-order valence-corrected chi connectivity index (χ0v) is 15.0. The maximum Gasteiger partial charge on any atom is 0.333 e. The number of aromatic amines is 1. The second-order valence-corrected chi connectivity index (χ2v) is 7.16. The Morgan fingerprint density at radius 3 is 2.96 bits per heavy atom. The number of nitrogens with zero attached hydrogens (tertiary/aromatic N) is 1. The lowest BCUT2D eigenvalue weighted by Crippen LogP contribution is -2.48. The highest BCUT2D eigenvalue weighted by atomic mass is 16.5. The Bertz CT molecular complexity index is 867. The number of para-hydroxylation sites is 1. The Morgan fingerprint density at radius 1 is 1.27 bits per heavy atom. The predicted molar refractivity (Wildman–Crippen MR) is 99.5 cm³/mol. The topological polar surface area (TPSA) is 62.4 Å². The summed E-state index contributed by atoms with van der Waals surface area (Å²) in [4.78, 5) is 30.2. The Morgan fingerprint density at radius 2 is 2.12 bits per heavy atom. The molecular weight excluding hydrogens is 328 g/mol.